The number of methoxy groups -OCH3 is 1. The smallest absolute Gasteiger partial charge is 0.196 e. The minimum atomic E-state index is -0.0196. The van der Waals surface area contributed by atoms with Gasteiger partial charge >= 0.3 is 0 Å². The van der Waals surface area contributed by atoms with E-state index in [-0.39, 0.29) is 12.4 Å². The molecular weight excluding hydrogens is 388 g/mol. The van der Waals surface area contributed by atoms with Gasteiger partial charge in [-0.3, -0.25) is 4.79 Å². The lowest BCUT2D eigenvalue weighted by Crippen LogP contribution is -2.18. The van der Waals surface area contributed by atoms with E-state index in [0.717, 1.165) is 11.1 Å². The summed E-state index contributed by atoms with van der Waals surface area (Å²) in [5, 5.41) is 0.688. The van der Waals surface area contributed by atoms with Crippen LogP contribution in [-0.4, -0.2) is 19.5 Å². The molecule has 0 unspecified atom stereocenters. The van der Waals surface area contributed by atoms with Crippen molar-refractivity contribution in [3.8, 4) is 17.2 Å². The van der Waals surface area contributed by atoms with Crippen molar-refractivity contribution in [3.05, 3.63) is 94.0 Å². The maximum absolute atomic E-state index is 12.7. The van der Waals surface area contributed by atoms with E-state index in [4.69, 9.17) is 25.8 Å². The first kappa shape index (κ1) is 19.1. The van der Waals surface area contributed by atoms with Crippen molar-refractivity contribution < 1.29 is 19.0 Å². The number of hydrogen-bond acceptors (Lipinski definition) is 4. The number of para-hydroxylation sites is 1. The molecule has 0 N–H and O–H groups in total. The third-order valence-electron chi connectivity index (χ3n) is 4.64. The summed E-state index contributed by atoms with van der Waals surface area (Å²) in [5.74, 6) is 1.83. The Labute approximate surface area is 174 Å². The van der Waals surface area contributed by atoms with Crippen LogP contribution < -0.4 is 14.2 Å². The van der Waals surface area contributed by atoms with E-state index in [2.05, 4.69) is 0 Å². The molecule has 0 bridgehead atoms. The van der Waals surface area contributed by atoms with E-state index >= 15 is 0 Å². The molecule has 0 saturated heterocycles. The zero-order chi connectivity index (χ0) is 20.2. The number of ketones is 1. The van der Waals surface area contributed by atoms with Crippen molar-refractivity contribution in [3.63, 3.8) is 0 Å². The van der Waals surface area contributed by atoms with Crippen molar-refractivity contribution in [2.45, 2.75) is 6.61 Å². The SMILES string of the molecule is COc1cc(/C=C2\COc3ccccc3C2=O)ccc1OCc1ccc(Cl)cc1. The standard InChI is InChI=1S/C24H19ClO4/c1-27-23-13-17(8-11-22(23)28-14-16-6-9-19(25)10-7-16)12-18-15-29-21-5-3-2-4-20(21)24(18)26/h2-13H,14-15H2,1H3/b18-12+. The van der Waals surface area contributed by atoms with Crippen molar-refractivity contribution >= 4 is 23.5 Å². The largest absolute Gasteiger partial charge is 0.493 e. The number of carbonyl (C=O) groups is 1. The van der Waals surface area contributed by atoms with E-state index in [0.29, 0.717) is 40.0 Å². The Hall–Kier alpha value is -3.24. The van der Waals surface area contributed by atoms with Gasteiger partial charge in [0.15, 0.2) is 17.3 Å². The molecule has 0 saturated carbocycles. The van der Waals surface area contributed by atoms with Crippen molar-refractivity contribution in [2.24, 2.45) is 0 Å². The number of Topliss-reactive ketones (excluding diaryl/α,β-unsaturated/α-hetero) is 1. The van der Waals surface area contributed by atoms with Crippen LogP contribution in [0.15, 0.2) is 72.3 Å². The van der Waals surface area contributed by atoms with Crippen LogP contribution in [0.1, 0.15) is 21.5 Å². The normalized spacial score (nSPS) is 14.3. The number of fused-ring (bicyclic) bond motifs is 1. The fourth-order valence-corrected chi connectivity index (χ4v) is 3.24. The van der Waals surface area contributed by atoms with E-state index in [1.165, 1.54) is 0 Å². The average molecular weight is 407 g/mol. The fraction of sp³-hybridized carbons (Fsp3) is 0.125. The number of hydrogen-bond donors (Lipinski definition) is 0. The van der Waals surface area contributed by atoms with Crippen molar-refractivity contribution in [1.82, 2.24) is 0 Å². The Morgan fingerprint density at radius 2 is 1.83 bits per heavy atom. The van der Waals surface area contributed by atoms with Crippen molar-refractivity contribution in [1.29, 1.82) is 0 Å². The van der Waals surface area contributed by atoms with Crippen LogP contribution in [0.25, 0.3) is 6.08 Å². The van der Waals surface area contributed by atoms with Gasteiger partial charge in [-0.15, -0.1) is 0 Å². The van der Waals surface area contributed by atoms with E-state index in [1.807, 2.05) is 60.7 Å². The van der Waals surface area contributed by atoms with Gasteiger partial charge in [0, 0.05) is 10.6 Å². The molecule has 0 radical (unpaired) electrons. The van der Waals surface area contributed by atoms with Gasteiger partial charge in [-0.05, 0) is 53.6 Å². The summed E-state index contributed by atoms with van der Waals surface area (Å²) in [4.78, 5) is 12.7. The van der Waals surface area contributed by atoms with E-state index in [9.17, 15) is 4.79 Å². The Balaban J connectivity index is 1.53. The van der Waals surface area contributed by atoms with Gasteiger partial charge in [0.05, 0.1) is 12.7 Å². The van der Waals surface area contributed by atoms with Gasteiger partial charge in [-0.2, -0.15) is 0 Å². The molecule has 0 aliphatic carbocycles. The monoisotopic (exact) mass is 406 g/mol. The quantitative estimate of drug-likeness (QED) is 0.518. The summed E-state index contributed by atoms with van der Waals surface area (Å²) in [6.45, 7) is 0.643. The van der Waals surface area contributed by atoms with Gasteiger partial charge in [0.1, 0.15) is 19.0 Å². The van der Waals surface area contributed by atoms with Gasteiger partial charge < -0.3 is 14.2 Å². The van der Waals surface area contributed by atoms with Gasteiger partial charge in [-0.1, -0.05) is 41.9 Å². The van der Waals surface area contributed by atoms with E-state index in [1.54, 1.807) is 19.2 Å². The highest BCUT2D eigenvalue weighted by Crippen LogP contribution is 2.32. The predicted octanol–water partition coefficient (Wildman–Crippen LogP) is 5.59. The first-order chi connectivity index (χ1) is 14.1. The molecule has 0 amide bonds. The molecule has 1 heterocycles. The average Bonchev–Trinajstić information content (AvgIpc) is 2.76. The van der Waals surface area contributed by atoms with E-state index < -0.39 is 0 Å². The third kappa shape index (κ3) is 4.28. The molecule has 1 aliphatic rings. The lowest BCUT2D eigenvalue weighted by atomic mass is 9.98. The maximum Gasteiger partial charge on any atom is 0.196 e. The topological polar surface area (TPSA) is 44.8 Å². The summed E-state index contributed by atoms with van der Waals surface area (Å²) in [7, 11) is 1.59. The maximum atomic E-state index is 12.7. The number of carbonyl (C=O) groups excluding carboxylic acids is 1. The van der Waals surface area contributed by atoms with Crippen LogP contribution in [-0.2, 0) is 6.61 Å². The van der Waals surface area contributed by atoms with Gasteiger partial charge in [0.25, 0.3) is 0 Å². The molecule has 5 heteroatoms. The molecule has 4 rings (SSSR count). The minimum absolute atomic E-state index is 0.0196. The van der Waals surface area contributed by atoms with Gasteiger partial charge in [-0.25, -0.2) is 0 Å². The summed E-state index contributed by atoms with van der Waals surface area (Å²) in [6, 6.07) is 20.3. The van der Waals surface area contributed by atoms with Crippen LogP contribution in [0.2, 0.25) is 5.02 Å². The molecule has 3 aromatic carbocycles. The van der Waals surface area contributed by atoms with Gasteiger partial charge in [0.2, 0.25) is 0 Å². The Morgan fingerprint density at radius 3 is 2.62 bits per heavy atom. The number of halogens is 1. The predicted molar refractivity (Wildman–Crippen MR) is 113 cm³/mol. The molecule has 1 aliphatic heterocycles. The molecule has 0 aromatic heterocycles. The summed E-state index contributed by atoms with van der Waals surface area (Å²) >= 11 is 5.91. The first-order valence-electron chi connectivity index (χ1n) is 9.16. The summed E-state index contributed by atoms with van der Waals surface area (Å²) < 4.78 is 17.1. The zero-order valence-corrected chi connectivity index (χ0v) is 16.6. The molecule has 146 valence electrons. The van der Waals surface area contributed by atoms with Crippen LogP contribution >= 0.6 is 11.6 Å². The van der Waals surface area contributed by atoms with Crippen LogP contribution in [0.5, 0.6) is 17.2 Å². The fourth-order valence-electron chi connectivity index (χ4n) is 3.12. The van der Waals surface area contributed by atoms with Crippen LogP contribution in [0.4, 0.5) is 0 Å². The second-order valence-electron chi connectivity index (χ2n) is 6.61. The second kappa shape index (κ2) is 8.41. The highest BCUT2D eigenvalue weighted by Gasteiger charge is 2.22. The Bertz CT molecular complexity index is 1070. The molecule has 29 heavy (non-hydrogen) atoms. The first-order valence-corrected chi connectivity index (χ1v) is 9.54. The molecule has 4 nitrogen and oxygen atoms in total. The molecule has 0 spiro atoms. The molecule has 3 aromatic rings. The highest BCUT2D eigenvalue weighted by atomic mass is 35.5. The molecular formula is C24H19ClO4. The number of rotatable bonds is 5. The zero-order valence-electron chi connectivity index (χ0n) is 15.9. The molecule has 0 fully saturated rings. The van der Waals surface area contributed by atoms with Crippen molar-refractivity contribution in [2.75, 3.05) is 13.7 Å². The molecule has 0 atom stereocenters. The summed E-state index contributed by atoms with van der Waals surface area (Å²) in [6.07, 6.45) is 1.82. The lowest BCUT2D eigenvalue weighted by Gasteiger charge is -2.18. The Morgan fingerprint density at radius 1 is 1.03 bits per heavy atom. The minimum Gasteiger partial charge on any atom is -0.493 e. The third-order valence-corrected chi connectivity index (χ3v) is 4.89. The van der Waals surface area contributed by atoms with Crippen LogP contribution in [0.3, 0.4) is 0 Å². The summed E-state index contributed by atoms with van der Waals surface area (Å²) in [5.41, 5.74) is 3.03. The second-order valence-corrected chi connectivity index (χ2v) is 7.05. The highest BCUT2D eigenvalue weighted by molar-refractivity contribution is 6.30. The lowest BCUT2D eigenvalue weighted by molar-refractivity contribution is 0.100. The number of benzene rings is 3. The van der Waals surface area contributed by atoms with Crippen LogP contribution in [0, 0.1) is 0 Å². The number of ether oxygens (including phenoxy) is 3. The Kier molecular flexibility index (Phi) is 5.54.